The predicted octanol–water partition coefficient (Wildman–Crippen LogP) is 3.52. The number of carboxylic acid groups (broad SMARTS) is 1. The van der Waals surface area contributed by atoms with Gasteiger partial charge in [0.05, 0.1) is 6.42 Å². The van der Waals surface area contributed by atoms with Gasteiger partial charge in [-0.05, 0) is 77.8 Å². The van der Waals surface area contributed by atoms with Gasteiger partial charge in [0.25, 0.3) is 5.24 Å². The number of tetrazole rings is 1. The molecule has 38 heavy (non-hydrogen) atoms. The van der Waals surface area contributed by atoms with E-state index in [1.807, 2.05) is 42.5 Å². The van der Waals surface area contributed by atoms with E-state index < -0.39 is 29.5 Å². The van der Waals surface area contributed by atoms with Gasteiger partial charge in [0, 0.05) is 17.2 Å². The molecule has 1 aliphatic rings. The number of nitrogens with one attached hydrogen (secondary N) is 1. The summed E-state index contributed by atoms with van der Waals surface area (Å²) >= 11 is 2.33. The first kappa shape index (κ1) is 27.8. The summed E-state index contributed by atoms with van der Waals surface area (Å²) in [5, 5.41) is 23.4. The van der Waals surface area contributed by atoms with Crippen molar-refractivity contribution in [2.45, 2.75) is 54.9 Å². The molecule has 3 aromatic rings. The summed E-state index contributed by atoms with van der Waals surface area (Å²) in [5.74, 6) is -1.16. The van der Waals surface area contributed by atoms with Gasteiger partial charge in [-0.3, -0.25) is 19.3 Å². The van der Waals surface area contributed by atoms with E-state index in [1.54, 1.807) is 0 Å². The number of carbonyl (C=O) groups is 3. The number of aromatic nitrogens is 4. The van der Waals surface area contributed by atoms with Gasteiger partial charge in [0.15, 0.2) is 5.78 Å². The van der Waals surface area contributed by atoms with Crippen LogP contribution in [0.1, 0.15) is 30.4 Å². The molecule has 2 heterocycles. The Morgan fingerprint density at radius 1 is 1.00 bits per heavy atom. The van der Waals surface area contributed by atoms with Crippen LogP contribution in [0.3, 0.4) is 0 Å². The molecule has 1 atom stereocenters. The van der Waals surface area contributed by atoms with E-state index in [4.69, 9.17) is 0 Å². The molecular formula is C26H30N6O4S2. The van der Waals surface area contributed by atoms with Gasteiger partial charge in [-0.2, -0.15) is 0 Å². The molecule has 200 valence electrons. The third-order valence-corrected chi connectivity index (χ3v) is 7.84. The number of aryl methyl sites for hydroxylation is 1. The summed E-state index contributed by atoms with van der Waals surface area (Å²) in [5.41, 5.74) is 2.33. The standard InChI is InChI=1S/C26H30N6O4S2/c33-23(22(16-24(34)35)27-26(36)37-15-12-19-6-2-1-3-7-19)18-32-25(28-29-30-32)38-21-10-8-20(9-11-21)17-31-13-4-5-14-31/h1-3,6-11,22H,4-5,12-18H2,(H,27,36)(H,34,35). The van der Waals surface area contributed by atoms with Crippen LogP contribution in [0.4, 0.5) is 4.79 Å². The lowest BCUT2D eigenvalue weighted by Crippen LogP contribution is -2.42. The van der Waals surface area contributed by atoms with Gasteiger partial charge < -0.3 is 10.4 Å². The molecular weight excluding hydrogens is 524 g/mol. The van der Waals surface area contributed by atoms with Crippen molar-refractivity contribution in [3.8, 4) is 0 Å². The summed E-state index contributed by atoms with van der Waals surface area (Å²) in [6, 6.07) is 16.7. The quantitative estimate of drug-likeness (QED) is 0.324. The Morgan fingerprint density at radius 2 is 1.74 bits per heavy atom. The van der Waals surface area contributed by atoms with E-state index in [9.17, 15) is 19.5 Å². The van der Waals surface area contributed by atoms with Crippen molar-refractivity contribution in [3.63, 3.8) is 0 Å². The zero-order valence-electron chi connectivity index (χ0n) is 20.9. The largest absolute Gasteiger partial charge is 0.481 e. The molecule has 1 amide bonds. The minimum absolute atomic E-state index is 0.255. The van der Waals surface area contributed by atoms with E-state index in [2.05, 4.69) is 37.9 Å². The SMILES string of the molecule is O=C(O)CC(NC(=O)SCCc1ccccc1)C(=O)Cn1nnnc1Sc1ccc(CN2CCCC2)cc1. The summed E-state index contributed by atoms with van der Waals surface area (Å²) in [4.78, 5) is 40.1. The number of ketones is 1. The summed E-state index contributed by atoms with van der Waals surface area (Å²) in [6.45, 7) is 2.94. The van der Waals surface area contributed by atoms with Gasteiger partial charge in [0.1, 0.15) is 12.6 Å². The molecule has 1 fully saturated rings. The zero-order valence-corrected chi connectivity index (χ0v) is 22.5. The Balaban J connectivity index is 1.31. The molecule has 12 heteroatoms. The van der Waals surface area contributed by atoms with Crippen LogP contribution >= 0.6 is 23.5 Å². The Kier molecular flexibility index (Phi) is 10.3. The van der Waals surface area contributed by atoms with Crippen molar-refractivity contribution >= 4 is 40.5 Å². The molecule has 1 aliphatic heterocycles. The third kappa shape index (κ3) is 8.67. The van der Waals surface area contributed by atoms with Crippen molar-refractivity contribution < 1.29 is 19.5 Å². The smallest absolute Gasteiger partial charge is 0.305 e. The number of nitrogens with zero attached hydrogens (tertiary/aromatic N) is 5. The van der Waals surface area contributed by atoms with Crippen LogP contribution in [-0.2, 0) is 29.1 Å². The average Bonchev–Trinajstić information content (AvgIpc) is 3.57. The minimum atomic E-state index is -1.18. The van der Waals surface area contributed by atoms with E-state index in [-0.39, 0.29) is 6.54 Å². The summed E-state index contributed by atoms with van der Waals surface area (Å²) in [6.07, 6.45) is 2.66. The van der Waals surface area contributed by atoms with Crippen molar-refractivity contribution in [1.29, 1.82) is 0 Å². The molecule has 1 unspecified atom stereocenters. The summed E-state index contributed by atoms with van der Waals surface area (Å²) in [7, 11) is 0. The fourth-order valence-electron chi connectivity index (χ4n) is 4.10. The van der Waals surface area contributed by atoms with Crippen molar-refractivity contribution in [2.75, 3.05) is 18.8 Å². The van der Waals surface area contributed by atoms with Gasteiger partial charge in [-0.25, -0.2) is 4.68 Å². The topological polar surface area (TPSA) is 130 Å². The monoisotopic (exact) mass is 554 g/mol. The van der Waals surface area contributed by atoms with Crippen LogP contribution in [0.2, 0.25) is 0 Å². The maximum absolute atomic E-state index is 13.0. The second-order valence-electron chi connectivity index (χ2n) is 8.98. The lowest BCUT2D eigenvalue weighted by Gasteiger charge is -2.16. The molecule has 0 radical (unpaired) electrons. The Hall–Kier alpha value is -3.22. The highest BCUT2D eigenvalue weighted by Crippen LogP contribution is 2.26. The Labute approximate surface area is 229 Å². The first-order chi connectivity index (χ1) is 18.5. The van der Waals surface area contributed by atoms with Crippen LogP contribution in [0.15, 0.2) is 64.6 Å². The molecule has 0 spiro atoms. The number of carbonyl (C=O) groups excluding carboxylic acids is 2. The lowest BCUT2D eigenvalue weighted by atomic mass is 10.1. The van der Waals surface area contributed by atoms with E-state index in [1.165, 1.54) is 34.8 Å². The van der Waals surface area contributed by atoms with Gasteiger partial charge in [-0.15, -0.1) is 5.10 Å². The second-order valence-corrected chi connectivity index (χ2v) is 11.1. The number of hydrogen-bond acceptors (Lipinski definition) is 9. The number of rotatable bonds is 13. The maximum Gasteiger partial charge on any atom is 0.305 e. The number of thioether (sulfide) groups is 1. The first-order valence-electron chi connectivity index (χ1n) is 12.4. The van der Waals surface area contributed by atoms with Crippen LogP contribution in [0.5, 0.6) is 0 Å². The molecule has 4 rings (SSSR count). The van der Waals surface area contributed by atoms with Crippen LogP contribution in [-0.4, -0.2) is 72.1 Å². The van der Waals surface area contributed by atoms with Gasteiger partial charge in [-0.1, -0.05) is 54.2 Å². The number of hydrogen-bond donors (Lipinski definition) is 2. The molecule has 1 saturated heterocycles. The van der Waals surface area contributed by atoms with Crippen molar-refractivity contribution in [2.24, 2.45) is 0 Å². The van der Waals surface area contributed by atoms with E-state index in [0.29, 0.717) is 17.3 Å². The van der Waals surface area contributed by atoms with Gasteiger partial charge in [0.2, 0.25) is 5.16 Å². The number of benzene rings is 2. The molecule has 0 aliphatic carbocycles. The fraction of sp³-hybridized carbons (Fsp3) is 0.385. The molecule has 10 nitrogen and oxygen atoms in total. The number of carboxylic acids is 1. The van der Waals surface area contributed by atoms with Crippen LogP contribution in [0.25, 0.3) is 0 Å². The predicted molar refractivity (Wildman–Crippen MR) is 145 cm³/mol. The number of likely N-dealkylation sites (tertiary alicyclic amines) is 1. The highest BCUT2D eigenvalue weighted by atomic mass is 32.2. The molecule has 2 aromatic carbocycles. The molecule has 0 bridgehead atoms. The van der Waals surface area contributed by atoms with Crippen molar-refractivity contribution in [1.82, 2.24) is 30.4 Å². The Morgan fingerprint density at radius 3 is 2.45 bits per heavy atom. The first-order valence-corrected chi connectivity index (χ1v) is 14.2. The minimum Gasteiger partial charge on any atom is -0.481 e. The Bertz CT molecular complexity index is 1220. The van der Waals surface area contributed by atoms with E-state index >= 15 is 0 Å². The maximum atomic E-state index is 13.0. The van der Waals surface area contributed by atoms with Crippen molar-refractivity contribution in [3.05, 3.63) is 65.7 Å². The third-order valence-electron chi connectivity index (χ3n) is 6.07. The molecule has 1 aromatic heterocycles. The summed E-state index contributed by atoms with van der Waals surface area (Å²) < 4.78 is 1.33. The van der Waals surface area contributed by atoms with Crippen LogP contribution < -0.4 is 5.32 Å². The van der Waals surface area contributed by atoms with Crippen LogP contribution in [0, 0.1) is 0 Å². The molecule has 2 N–H and O–H groups in total. The lowest BCUT2D eigenvalue weighted by molar-refractivity contribution is -0.139. The zero-order chi connectivity index (χ0) is 26.7. The fourth-order valence-corrected chi connectivity index (χ4v) is 5.62. The van der Waals surface area contributed by atoms with E-state index in [0.717, 1.165) is 41.9 Å². The van der Waals surface area contributed by atoms with Gasteiger partial charge >= 0.3 is 5.97 Å². The number of Topliss-reactive ketones (excluding diaryl/α,β-unsaturated/α-hetero) is 1. The second kappa shape index (κ2) is 14.1. The average molecular weight is 555 g/mol. The highest BCUT2D eigenvalue weighted by Gasteiger charge is 2.25. The number of amides is 1. The molecule has 0 saturated carbocycles. The number of aliphatic carboxylic acids is 1. The highest BCUT2D eigenvalue weighted by molar-refractivity contribution is 8.13. The normalized spacial score (nSPS) is 14.3.